The number of benzene rings is 7. The molecule has 0 saturated carbocycles. The molecule has 10 aromatic rings. The Hall–Kier alpha value is -7.50. The Morgan fingerprint density at radius 1 is 0.255 bits per heavy atom. The lowest BCUT2D eigenvalue weighted by Gasteiger charge is -2.14. The minimum Gasteiger partial charge on any atom is -0.456 e. The number of furan rings is 1. The van der Waals surface area contributed by atoms with E-state index < -0.39 is 0 Å². The first kappa shape index (κ1) is 32.2. The van der Waals surface area contributed by atoms with E-state index in [1.165, 1.54) is 0 Å². The lowest BCUT2D eigenvalue weighted by molar-refractivity contribution is 0.669. The average Bonchev–Trinajstić information content (AvgIpc) is 3.65. The van der Waals surface area contributed by atoms with Gasteiger partial charge in [-0.3, -0.25) is 0 Å². The quantitative estimate of drug-likeness (QED) is 0.165. The van der Waals surface area contributed by atoms with E-state index in [2.05, 4.69) is 166 Å². The van der Waals surface area contributed by atoms with Crippen molar-refractivity contribution in [3.8, 4) is 77.9 Å². The second-order valence-electron chi connectivity index (χ2n) is 13.7. The van der Waals surface area contributed by atoms with Crippen LogP contribution in [-0.2, 0) is 0 Å². The molecule has 0 fully saturated rings. The molecular formula is C50H32N4O. The molecule has 0 aliphatic carbocycles. The largest absolute Gasteiger partial charge is 0.456 e. The third-order valence-electron chi connectivity index (χ3n) is 10.2. The molecule has 0 N–H and O–H groups in total. The van der Waals surface area contributed by atoms with Crippen molar-refractivity contribution < 1.29 is 4.42 Å². The zero-order valence-electron chi connectivity index (χ0n) is 29.7. The summed E-state index contributed by atoms with van der Waals surface area (Å²) in [7, 11) is 0. The van der Waals surface area contributed by atoms with Crippen molar-refractivity contribution in [1.29, 1.82) is 0 Å². The lowest BCUT2D eigenvalue weighted by Crippen LogP contribution is -1.89. The number of hydrogen-bond donors (Lipinski definition) is 0. The van der Waals surface area contributed by atoms with Gasteiger partial charge in [0.2, 0.25) is 0 Å². The molecule has 5 heteroatoms. The molecule has 0 amide bonds. The molecule has 0 radical (unpaired) electrons. The monoisotopic (exact) mass is 704 g/mol. The SMILES string of the molecule is c1cc(-c2cncnc2)cc(-c2cccc(-c3cc(-c4cccc(-c5cccc(-c6cncnc6)c5)c4)cc(-c4ccc5oc6ccccc6c5c4)c3)c2)c1. The molecule has 10 rings (SSSR count). The van der Waals surface area contributed by atoms with Gasteiger partial charge in [0.15, 0.2) is 0 Å². The van der Waals surface area contributed by atoms with Crippen LogP contribution in [-0.4, -0.2) is 19.9 Å². The van der Waals surface area contributed by atoms with E-state index >= 15 is 0 Å². The topological polar surface area (TPSA) is 64.7 Å². The molecule has 0 aliphatic heterocycles. The van der Waals surface area contributed by atoms with Gasteiger partial charge < -0.3 is 4.42 Å². The van der Waals surface area contributed by atoms with Gasteiger partial charge in [-0.15, -0.1) is 0 Å². The maximum atomic E-state index is 6.20. The Balaban J connectivity index is 1.10. The van der Waals surface area contributed by atoms with Crippen LogP contribution in [0.4, 0.5) is 0 Å². The summed E-state index contributed by atoms with van der Waals surface area (Å²) in [6.07, 6.45) is 10.5. The molecule has 3 aromatic heterocycles. The van der Waals surface area contributed by atoms with Crippen LogP contribution in [0.1, 0.15) is 0 Å². The first-order chi connectivity index (χ1) is 27.2. The smallest absolute Gasteiger partial charge is 0.135 e. The summed E-state index contributed by atoms with van der Waals surface area (Å²) in [6.45, 7) is 0. The molecule has 3 heterocycles. The van der Waals surface area contributed by atoms with Crippen LogP contribution in [0, 0.1) is 0 Å². The number of nitrogens with zero attached hydrogens (tertiary/aromatic N) is 4. The summed E-state index contributed by atoms with van der Waals surface area (Å²) in [6, 6.07) is 56.4. The van der Waals surface area contributed by atoms with Gasteiger partial charge in [-0.25, -0.2) is 19.9 Å². The fourth-order valence-electron chi connectivity index (χ4n) is 7.44. The number of rotatable bonds is 7. The second-order valence-corrected chi connectivity index (χ2v) is 13.7. The van der Waals surface area contributed by atoms with Crippen LogP contribution in [0.3, 0.4) is 0 Å². The van der Waals surface area contributed by atoms with Crippen molar-refractivity contribution in [2.24, 2.45) is 0 Å². The summed E-state index contributed by atoms with van der Waals surface area (Å²) >= 11 is 0. The molecule has 0 bridgehead atoms. The van der Waals surface area contributed by atoms with Gasteiger partial charge in [-0.2, -0.15) is 0 Å². The van der Waals surface area contributed by atoms with Crippen molar-refractivity contribution in [3.63, 3.8) is 0 Å². The van der Waals surface area contributed by atoms with Gasteiger partial charge in [0.05, 0.1) is 0 Å². The predicted molar refractivity (Wildman–Crippen MR) is 223 cm³/mol. The van der Waals surface area contributed by atoms with Crippen LogP contribution < -0.4 is 0 Å². The zero-order chi connectivity index (χ0) is 36.6. The summed E-state index contributed by atoms with van der Waals surface area (Å²) < 4.78 is 6.20. The summed E-state index contributed by atoms with van der Waals surface area (Å²) in [4.78, 5) is 16.9. The average molecular weight is 705 g/mol. The summed E-state index contributed by atoms with van der Waals surface area (Å²) in [5, 5.41) is 2.22. The zero-order valence-corrected chi connectivity index (χ0v) is 29.7. The lowest BCUT2D eigenvalue weighted by atomic mass is 9.90. The van der Waals surface area contributed by atoms with Crippen molar-refractivity contribution in [2.45, 2.75) is 0 Å². The van der Waals surface area contributed by atoms with Crippen molar-refractivity contribution >= 4 is 21.9 Å². The molecule has 258 valence electrons. The van der Waals surface area contributed by atoms with Gasteiger partial charge in [-0.1, -0.05) is 97.1 Å². The highest BCUT2D eigenvalue weighted by Crippen LogP contribution is 2.38. The number of hydrogen-bond acceptors (Lipinski definition) is 5. The first-order valence-corrected chi connectivity index (χ1v) is 18.2. The minimum absolute atomic E-state index is 0.885. The summed E-state index contributed by atoms with van der Waals surface area (Å²) in [5.74, 6) is 0. The van der Waals surface area contributed by atoms with Gasteiger partial charge in [0.25, 0.3) is 0 Å². The van der Waals surface area contributed by atoms with Crippen LogP contribution in [0.5, 0.6) is 0 Å². The Kier molecular flexibility index (Phi) is 8.08. The number of aromatic nitrogens is 4. The molecule has 0 atom stereocenters. The van der Waals surface area contributed by atoms with Gasteiger partial charge in [0.1, 0.15) is 23.8 Å². The standard InChI is InChI=1S/C50H32N4O/c1-2-16-49-47(15-1)48-26-41(17-18-50(48)55-49)44-24-42(37-11-3-7-33(19-37)35-9-5-13-39(21-35)45-27-51-31-52-28-45)23-43(25-44)38-12-4-8-34(20-38)36-10-6-14-40(22-36)46-29-53-32-54-30-46/h1-32H. The molecular weight excluding hydrogens is 673 g/mol. The first-order valence-electron chi connectivity index (χ1n) is 18.2. The Morgan fingerprint density at radius 3 is 1.05 bits per heavy atom. The predicted octanol–water partition coefficient (Wildman–Crippen LogP) is 12.8. The van der Waals surface area contributed by atoms with E-state index in [1.54, 1.807) is 12.7 Å². The van der Waals surface area contributed by atoms with Gasteiger partial charge in [0, 0.05) is 46.7 Å². The van der Waals surface area contributed by atoms with E-state index in [0.29, 0.717) is 0 Å². The van der Waals surface area contributed by atoms with Crippen LogP contribution in [0.2, 0.25) is 0 Å². The second kappa shape index (κ2) is 13.8. The normalized spacial score (nSPS) is 11.3. The maximum Gasteiger partial charge on any atom is 0.135 e. The van der Waals surface area contributed by atoms with E-state index in [1.807, 2.05) is 36.9 Å². The van der Waals surface area contributed by atoms with Crippen molar-refractivity contribution in [3.05, 3.63) is 195 Å². The Labute approximate surface area is 318 Å². The fraction of sp³-hybridized carbons (Fsp3) is 0. The maximum absolute atomic E-state index is 6.20. The van der Waals surface area contributed by atoms with E-state index in [9.17, 15) is 0 Å². The Morgan fingerprint density at radius 2 is 0.600 bits per heavy atom. The molecule has 55 heavy (non-hydrogen) atoms. The molecule has 0 unspecified atom stereocenters. The van der Waals surface area contributed by atoms with E-state index in [0.717, 1.165) is 99.8 Å². The number of fused-ring (bicyclic) bond motifs is 3. The Bertz CT molecular complexity index is 2850. The molecule has 5 nitrogen and oxygen atoms in total. The van der Waals surface area contributed by atoms with Gasteiger partial charge >= 0.3 is 0 Å². The highest BCUT2D eigenvalue weighted by atomic mass is 16.3. The third-order valence-corrected chi connectivity index (χ3v) is 10.2. The fourth-order valence-corrected chi connectivity index (χ4v) is 7.44. The number of para-hydroxylation sites is 1. The third kappa shape index (κ3) is 6.34. The molecule has 0 aliphatic rings. The molecule has 7 aromatic carbocycles. The highest BCUT2D eigenvalue weighted by Gasteiger charge is 2.13. The molecule has 0 saturated heterocycles. The van der Waals surface area contributed by atoms with Crippen LogP contribution in [0.15, 0.2) is 200 Å². The molecule has 0 spiro atoms. The minimum atomic E-state index is 0.885. The summed E-state index contributed by atoms with van der Waals surface area (Å²) in [5.41, 5.74) is 17.3. The van der Waals surface area contributed by atoms with Crippen molar-refractivity contribution in [2.75, 3.05) is 0 Å². The van der Waals surface area contributed by atoms with Crippen molar-refractivity contribution in [1.82, 2.24) is 19.9 Å². The van der Waals surface area contributed by atoms with E-state index in [-0.39, 0.29) is 0 Å². The van der Waals surface area contributed by atoms with Crippen LogP contribution in [0.25, 0.3) is 99.8 Å². The van der Waals surface area contributed by atoms with Gasteiger partial charge in [-0.05, 0) is 127 Å². The highest BCUT2D eigenvalue weighted by molar-refractivity contribution is 6.06. The van der Waals surface area contributed by atoms with Crippen LogP contribution >= 0.6 is 0 Å². The van der Waals surface area contributed by atoms with E-state index in [4.69, 9.17) is 4.42 Å².